The number of amides is 2. The van der Waals surface area contributed by atoms with Crippen LogP contribution < -0.4 is 5.32 Å². The van der Waals surface area contributed by atoms with Crippen LogP contribution in [0.5, 0.6) is 0 Å². The first-order chi connectivity index (χ1) is 13.1. The molecule has 2 amide bonds. The summed E-state index contributed by atoms with van der Waals surface area (Å²) >= 11 is 1.21. The minimum absolute atomic E-state index is 0.0660. The fraction of sp³-hybridized carbons (Fsp3) is 0.421. The number of carbonyl (C=O) groups is 2. The Morgan fingerprint density at radius 3 is 2.96 bits per heavy atom. The Balaban J connectivity index is 1.48. The minimum Gasteiger partial charge on any atom is -0.336 e. The van der Waals surface area contributed by atoms with Gasteiger partial charge in [-0.2, -0.15) is 0 Å². The van der Waals surface area contributed by atoms with Crippen molar-refractivity contribution in [1.29, 1.82) is 0 Å². The van der Waals surface area contributed by atoms with Crippen molar-refractivity contribution < 1.29 is 14.0 Å². The smallest absolute Gasteiger partial charge is 0.265 e. The molecule has 0 bridgehead atoms. The second kappa shape index (κ2) is 7.74. The number of aromatic nitrogens is 1. The normalized spacial score (nSPS) is 20.8. The summed E-state index contributed by atoms with van der Waals surface area (Å²) in [6.07, 6.45) is 3.31. The zero-order chi connectivity index (χ0) is 18.8. The molecule has 0 radical (unpaired) electrons. The lowest BCUT2D eigenvalue weighted by Gasteiger charge is -2.41. The molecule has 1 aromatic carbocycles. The van der Waals surface area contributed by atoms with Gasteiger partial charge in [-0.15, -0.1) is 11.3 Å². The Kier molecular flexibility index (Phi) is 5.18. The van der Waals surface area contributed by atoms with Gasteiger partial charge in [-0.05, 0) is 25.0 Å². The second-order valence-corrected chi connectivity index (χ2v) is 7.85. The average molecular weight is 388 g/mol. The molecule has 1 N–H and O–H groups in total. The number of piperidine rings is 1. The third-order valence-electron chi connectivity index (χ3n) is 5.07. The molecule has 1 unspecified atom stereocenters. The van der Waals surface area contributed by atoms with Gasteiger partial charge < -0.3 is 15.1 Å². The van der Waals surface area contributed by atoms with Gasteiger partial charge in [-0.1, -0.05) is 12.1 Å². The number of hydrogen-bond acceptors (Lipinski definition) is 5. The number of nitrogens with zero attached hydrogens (tertiary/aromatic N) is 3. The number of thiazole rings is 1. The summed E-state index contributed by atoms with van der Waals surface area (Å²) in [6, 6.07) is 6.49. The van der Waals surface area contributed by atoms with Crippen molar-refractivity contribution in [2.75, 3.05) is 32.7 Å². The van der Waals surface area contributed by atoms with E-state index in [0.29, 0.717) is 41.6 Å². The molecule has 2 saturated heterocycles. The SMILES string of the molecule is O=C(c1cnc(-c2ccccc2F)s1)N1CCCC(N2CCNCC2=O)C1. The highest BCUT2D eigenvalue weighted by Crippen LogP contribution is 2.29. The molecule has 3 heterocycles. The van der Waals surface area contributed by atoms with Gasteiger partial charge in [-0.25, -0.2) is 9.37 Å². The van der Waals surface area contributed by atoms with Gasteiger partial charge in [0.25, 0.3) is 5.91 Å². The molecule has 0 saturated carbocycles. The first-order valence-corrected chi connectivity index (χ1v) is 9.95. The number of carbonyl (C=O) groups excluding carboxylic acids is 2. The van der Waals surface area contributed by atoms with Crippen molar-refractivity contribution in [3.63, 3.8) is 0 Å². The molecule has 4 rings (SSSR count). The van der Waals surface area contributed by atoms with E-state index in [9.17, 15) is 14.0 Å². The fourth-order valence-electron chi connectivity index (χ4n) is 3.69. The van der Waals surface area contributed by atoms with Crippen LogP contribution in [0.4, 0.5) is 4.39 Å². The number of piperazine rings is 1. The molecule has 2 fully saturated rings. The highest BCUT2D eigenvalue weighted by molar-refractivity contribution is 7.16. The molecular formula is C19H21FN4O2S. The summed E-state index contributed by atoms with van der Waals surface area (Å²) in [5.41, 5.74) is 0.407. The van der Waals surface area contributed by atoms with Gasteiger partial charge in [0.05, 0.1) is 12.7 Å². The quantitative estimate of drug-likeness (QED) is 0.873. The van der Waals surface area contributed by atoms with Crippen LogP contribution in [0.2, 0.25) is 0 Å². The van der Waals surface area contributed by atoms with Crippen LogP contribution >= 0.6 is 11.3 Å². The average Bonchev–Trinajstić information content (AvgIpc) is 3.18. The first-order valence-electron chi connectivity index (χ1n) is 9.13. The maximum atomic E-state index is 14.0. The molecule has 1 atom stereocenters. The highest BCUT2D eigenvalue weighted by Gasteiger charge is 2.32. The number of likely N-dealkylation sites (tertiary alicyclic amines) is 1. The van der Waals surface area contributed by atoms with Crippen molar-refractivity contribution in [2.45, 2.75) is 18.9 Å². The number of halogens is 1. The first kappa shape index (κ1) is 18.1. The van der Waals surface area contributed by atoms with Crippen molar-refractivity contribution in [3.05, 3.63) is 41.2 Å². The summed E-state index contributed by atoms with van der Waals surface area (Å²) in [6.45, 7) is 3.05. The third-order valence-corrected chi connectivity index (χ3v) is 6.09. The molecular weight excluding hydrogens is 367 g/mol. The number of nitrogens with one attached hydrogen (secondary N) is 1. The summed E-state index contributed by atoms with van der Waals surface area (Å²) < 4.78 is 14.0. The molecule has 8 heteroatoms. The summed E-state index contributed by atoms with van der Waals surface area (Å²) in [5, 5.41) is 3.58. The van der Waals surface area contributed by atoms with E-state index in [1.165, 1.54) is 23.6 Å². The molecule has 27 heavy (non-hydrogen) atoms. The second-order valence-electron chi connectivity index (χ2n) is 6.82. The summed E-state index contributed by atoms with van der Waals surface area (Å²) in [5.74, 6) is -0.344. The third kappa shape index (κ3) is 3.72. The van der Waals surface area contributed by atoms with Crippen LogP contribution in [-0.2, 0) is 4.79 Å². The van der Waals surface area contributed by atoms with Crippen molar-refractivity contribution in [2.24, 2.45) is 0 Å². The lowest BCUT2D eigenvalue weighted by molar-refractivity contribution is -0.135. The Labute approximate surface area is 161 Å². The molecule has 2 aliphatic heterocycles. The van der Waals surface area contributed by atoms with E-state index >= 15 is 0 Å². The Morgan fingerprint density at radius 2 is 2.15 bits per heavy atom. The molecule has 142 valence electrons. The monoisotopic (exact) mass is 388 g/mol. The summed E-state index contributed by atoms with van der Waals surface area (Å²) in [4.78, 5) is 33.5. The highest BCUT2D eigenvalue weighted by atomic mass is 32.1. The van der Waals surface area contributed by atoms with Gasteiger partial charge >= 0.3 is 0 Å². The molecule has 0 aliphatic carbocycles. The zero-order valence-electron chi connectivity index (χ0n) is 14.9. The molecule has 2 aromatic rings. The molecule has 2 aliphatic rings. The largest absolute Gasteiger partial charge is 0.336 e. The lowest BCUT2D eigenvalue weighted by Crippen LogP contribution is -2.57. The fourth-order valence-corrected chi connectivity index (χ4v) is 4.60. The van der Waals surface area contributed by atoms with Crippen LogP contribution in [0.25, 0.3) is 10.6 Å². The lowest BCUT2D eigenvalue weighted by atomic mass is 10.0. The van der Waals surface area contributed by atoms with Crippen molar-refractivity contribution >= 4 is 23.2 Å². The summed E-state index contributed by atoms with van der Waals surface area (Å²) in [7, 11) is 0. The molecule has 6 nitrogen and oxygen atoms in total. The number of hydrogen-bond donors (Lipinski definition) is 1. The van der Waals surface area contributed by atoms with Gasteiger partial charge in [0.1, 0.15) is 15.7 Å². The zero-order valence-corrected chi connectivity index (χ0v) is 15.7. The Bertz CT molecular complexity index is 856. The van der Waals surface area contributed by atoms with Gasteiger partial charge in [-0.3, -0.25) is 9.59 Å². The van der Waals surface area contributed by atoms with Crippen LogP contribution in [-0.4, -0.2) is 65.4 Å². The molecule has 0 spiro atoms. The number of rotatable bonds is 3. The maximum Gasteiger partial charge on any atom is 0.265 e. The molecule has 1 aromatic heterocycles. The van der Waals surface area contributed by atoms with Gasteiger partial charge in [0.15, 0.2) is 0 Å². The van der Waals surface area contributed by atoms with Crippen LogP contribution in [0.3, 0.4) is 0 Å². The van der Waals surface area contributed by atoms with Crippen LogP contribution in [0.15, 0.2) is 30.5 Å². The van der Waals surface area contributed by atoms with E-state index in [1.54, 1.807) is 23.1 Å². The topological polar surface area (TPSA) is 65.5 Å². The van der Waals surface area contributed by atoms with Crippen LogP contribution in [0.1, 0.15) is 22.5 Å². The maximum absolute atomic E-state index is 14.0. The van der Waals surface area contributed by atoms with Crippen molar-refractivity contribution in [1.82, 2.24) is 20.1 Å². The van der Waals surface area contributed by atoms with Gasteiger partial charge in [0.2, 0.25) is 5.91 Å². The standard InChI is InChI=1S/C19H21FN4O2S/c20-15-6-2-1-5-14(15)18-22-10-16(27-18)19(26)23-8-3-4-13(12-23)24-9-7-21-11-17(24)25/h1-2,5-6,10,13,21H,3-4,7-9,11-12H2. The Hall–Kier alpha value is -2.32. The predicted molar refractivity (Wildman–Crippen MR) is 101 cm³/mol. The van der Waals surface area contributed by atoms with E-state index in [2.05, 4.69) is 10.3 Å². The van der Waals surface area contributed by atoms with Crippen LogP contribution in [0, 0.1) is 5.82 Å². The van der Waals surface area contributed by atoms with Gasteiger partial charge in [0, 0.05) is 37.8 Å². The minimum atomic E-state index is -0.346. The van der Waals surface area contributed by atoms with E-state index in [0.717, 1.165) is 19.4 Å². The van der Waals surface area contributed by atoms with E-state index in [1.807, 2.05) is 4.90 Å². The van der Waals surface area contributed by atoms with E-state index in [-0.39, 0.29) is 23.7 Å². The van der Waals surface area contributed by atoms with E-state index in [4.69, 9.17) is 0 Å². The Morgan fingerprint density at radius 1 is 1.30 bits per heavy atom. The number of benzene rings is 1. The van der Waals surface area contributed by atoms with Crippen molar-refractivity contribution in [3.8, 4) is 10.6 Å². The predicted octanol–water partition coefficient (Wildman–Crippen LogP) is 1.99. The van der Waals surface area contributed by atoms with E-state index < -0.39 is 0 Å².